The minimum atomic E-state index is -0.831. The monoisotopic (exact) mass is 264 g/mol. The van der Waals surface area contributed by atoms with Gasteiger partial charge in [-0.05, 0) is 23.9 Å². The molecule has 2 rings (SSSR count). The van der Waals surface area contributed by atoms with Gasteiger partial charge in [-0.25, -0.2) is 0 Å². The number of carboxylic acid groups (broad SMARTS) is 1. The maximum atomic E-state index is 11.0. The minimum absolute atomic E-state index is 0.0897. The van der Waals surface area contributed by atoms with Gasteiger partial charge >= 0.3 is 5.97 Å². The molecule has 4 heteroatoms. The number of carbonyl (C=O) groups is 1. The summed E-state index contributed by atoms with van der Waals surface area (Å²) in [5, 5.41) is 10.9. The first-order valence-electron chi connectivity index (χ1n) is 5.57. The number of hydrogen-bond acceptors (Lipinski definition) is 2. The molecule has 18 heavy (non-hydrogen) atoms. The second-order valence-corrected chi connectivity index (χ2v) is 4.27. The van der Waals surface area contributed by atoms with E-state index in [1.165, 1.54) is 0 Å². The van der Waals surface area contributed by atoms with Crippen LogP contribution in [0.5, 0.6) is 5.75 Å². The molecule has 0 heterocycles. The highest BCUT2D eigenvalue weighted by molar-refractivity contribution is 6.17. The standard InChI is InChI=1S/C14H13ClO3/c1-9(14(16)17)10-5-6-12-11(7-10)3-2-4-13(12)18-8-15/h2-7,9H,8H2,1H3,(H,16,17)/t9-/m0/s1. The molecule has 2 aromatic carbocycles. The first kappa shape index (κ1) is 12.7. The number of benzene rings is 2. The summed E-state index contributed by atoms with van der Waals surface area (Å²) in [6, 6.07) is 11.3. The molecule has 0 aliphatic heterocycles. The Kier molecular flexibility index (Phi) is 3.72. The fourth-order valence-electron chi connectivity index (χ4n) is 1.87. The van der Waals surface area contributed by atoms with Crippen LogP contribution in [0.15, 0.2) is 36.4 Å². The molecule has 0 saturated carbocycles. The molecular weight excluding hydrogens is 252 g/mol. The van der Waals surface area contributed by atoms with Crippen LogP contribution in [0, 0.1) is 0 Å². The number of aliphatic carboxylic acids is 1. The van der Waals surface area contributed by atoms with Crippen molar-refractivity contribution in [1.29, 1.82) is 0 Å². The predicted molar refractivity (Wildman–Crippen MR) is 71.3 cm³/mol. The lowest BCUT2D eigenvalue weighted by Crippen LogP contribution is -2.07. The van der Waals surface area contributed by atoms with Crippen molar-refractivity contribution < 1.29 is 14.6 Å². The molecule has 94 valence electrons. The van der Waals surface area contributed by atoms with Gasteiger partial charge in [-0.15, -0.1) is 0 Å². The van der Waals surface area contributed by atoms with Crippen molar-refractivity contribution in [2.45, 2.75) is 12.8 Å². The molecule has 1 atom stereocenters. The quantitative estimate of drug-likeness (QED) is 0.858. The summed E-state index contributed by atoms with van der Waals surface area (Å²) in [5.74, 6) is -0.647. The van der Waals surface area contributed by atoms with Crippen molar-refractivity contribution in [3.05, 3.63) is 42.0 Å². The van der Waals surface area contributed by atoms with Gasteiger partial charge in [-0.2, -0.15) is 0 Å². The Balaban J connectivity index is 2.50. The number of rotatable bonds is 4. The van der Waals surface area contributed by atoms with E-state index >= 15 is 0 Å². The number of hydrogen-bond donors (Lipinski definition) is 1. The highest BCUT2D eigenvalue weighted by Crippen LogP contribution is 2.28. The van der Waals surface area contributed by atoms with Crippen molar-refractivity contribution in [2.24, 2.45) is 0 Å². The molecule has 3 nitrogen and oxygen atoms in total. The highest BCUT2D eigenvalue weighted by Gasteiger charge is 2.14. The number of carboxylic acids is 1. The number of fused-ring (bicyclic) bond motifs is 1. The molecular formula is C14H13ClO3. The van der Waals surface area contributed by atoms with Crippen molar-refractivity contribution in [3.63, 3.8) is 0 Å². The molecule has 0 unspecified atom stereocenters. The van der Waals surface area contributed by atoms with Crippen molar-refractivity contribution in [2.75, 3.05) is 6.07 Å². The van der Waals surface area contributed by atoms with E-state index in [0.29, 0.717) is 5.75 Å². The van der Waals surface area contributed by atoms with Gasteiger partial charge in [0.1, 0.15) is 5.75 Å². The molecule has 0 fully saturated rings. The zero-order valence-corrected chi connectivity index (χ0v) is 10.6. The van der Waals surface area contributed by atoms with Crippen LogP contribution in [0.2, 0.25) is 0 Å². The molecule has 0 spiro atoms. The third-order valence-electron chi connectivity index (χ3n) is 2.94. The first-order valence-corrected chi connectivity index (χ1v) is 6.11. The van der Waals surface area contributed by atoms with Crippen LogP contribution in [-0.4, -0.2) is 17.1 Å². The second-order valence-electron chi connectivity index (χ2n) is 4.05. The lowest BCUT2D eigenvalue weighted by atomic mass is 9.98. The van der Waals surface area contributed by atoms with Gasteiger partial charge in [-0.3, -0.25) is 4.79 Å². The SMILES string of the molecule is C[C@H](C(=O)O)c1ccc2c(OCCl)cccc2c1. The van der Waals surface area contributed by atoms with E-state index in [0.717, 1.165) is 16.3 Å². The van der Waals surface area contributed by atoms with E-state index in [4.69, 9.17) is 21.4 Å². The molecule has 0 bridgehead atoms. The van der Waals surface area contributed by atoms with E-state index < -0.39 is 11.9 Å². The van der Waals surface area contributed by atoms with Crippen LogP contribution in [0.4, 0.5) is 0 Å². The third-order valence-corrected chi connectivity index (χ3v) is 3.05. The molecule has 0 aromatic heterocycles. The lowest BCUT2D eigenvalue weighted by molar-refractivity contribution is -0.138. The van der Waals surface area contributed by atoms with Gasteiger partial charge in [0.05, 0.1) is 5.92 Å². The van der Waals surface area contributed by atoms with Gasteiger partial charge < -0.3 is 9.84 Å². The summed E-state index contributed by atoms with van der Waals surface area (Å²) in [5.41, 5.74) is 0.776. The minimum Gasteiger partial charge on any atom is -0.481 e. The van der Waals surface area contributed by atoms with E-state index in [-0.39, 0.29) is 6.07 Å². The van der Waals surface area contributed by atoms with Crippen LogP contribution in [0.1, 0.15) is 18.4 Å². The van der Waals surface area contributed by atoms with Gasteiger partial charge in [0.2, 0.25) is 0 Å². The zero-order valence-electron chi connectivity index (χ0n) is 9.89. The average Bonchev–Trinajstić information content (AvgIpc) is 2.38. The molecule has 0 aliphatic carbocycles. The van der Waals surface area contributed by atoms with E-state index in [9.17, 15) is 4.79 Å². The average molecular weight is 265 g/mol. The molecule has 2 aromatic rings. The zero-order chi connectivity index (χ0) is 13.1. The summed E-state index contributed by atoms with van der Waals surface area (Å²) in [6.45, 7) is 1.67. The van der Waals surface area contributed by atoms with Crippen LogP contribution in [0.3, 0.4) is 0 Å². The molecule has 1 N–H and O–H groups in total. The smallest absolute Gasteiger partial charge is 0.310 e. The molecule has 0 saturated heterocycles. The van der Waals surface area contributed by atoms with Crippen molar-refractivity contribution in [3.8, 4) is 5.75 Å². The molecule has 0 amide bonds. The normalized spacial score (nSPS) is 12.3. The van der Waals surface area contributed by atoms with Crippen molar-refractivity contribution in [1.82, 2.24) is 0 Å². The topological polar surface area (TPSA) is 46.5 Å². The number of alkyl halides is 1. The van der Waals surface area contributed by atoms with Crippen LogP contribution < -0.4 is 4.74 Å². The van der Waals surface area contributed by atoms with Crippen molar-refractivity contribution >= 4 is 28.3 Å². The fourth-order valence-corrected chi connectivity index (χ4v) is 1.99. The summed E-state index contributed by atoms with van der Waals surface area (Å²) in [7, 11) is 0. The predicted octanol–water partition coefficient (Wildman–Crippen LogP) is 3.60. The molecule has 0 aliphatic rings. The fraction of sp³-hybridized carbons (Fsp3) is 0.214. The van der Waals surface area contributed by atoms with E-state index in [2.05, 4.69) is 0 Å². The first-order chi connectivity index (χ1) is 8.63. The number of halogens is 1. The van der Waals surface area contributed by atoms with Gasteiger partial charge in [0, 0.05) is 5.39 Å². The van der Waals surface area contributed by atoms with Gasteiger partial charge in [0.15, 0.2) is 6.07 Å². The third kappa shape index (κ3) is 2.41. The Labute approximate surface area is 110 Å². The Morgan fingerprint density at radius 2 is 2.17 bits per heavy atom. The van der Waals surface area contributed by atoms with Crippen LogP contribution >= 0.6 is 11.6 Å². The Hall–Kier alpha value is -1.74. The lowest BCUT2D eigenvalue weighted by Gasteiger charge is -2.10. The van der Waals surface area contributed by atoms with E-state index in [1.807, 2.05) is 36.4 Å². The summed E-state index contributed by atoms with van der Waals surface area (Å²) < 4.78 is 5.32. The van der Waals surface area contributed by atoms with E-state index in [1.54, 1.807) is 6.92 Å². The molecule has 0 radical (unpaired) electrons. The highest BCUT2D eigenvalue weighted by atomic mass is 35.5. The summed E-state index contributed by atoms with van der Waals surface area (Å²) in [4.78, 5) is 11.0. The van der Waals surface area contributed by atoms with Gasteiger partial charge in [0.25, 0.3) is 0 Å². The Morgan fingerprint density at radius 1 is 1.39 bits per heavy atom. The summed E-state index contributed by atoms with van der Waals surface area (Å²) in [6.07, 6.45) is 0. The van der Waals surface area contributed by atoms with Crippen LogP contribution in [0.25, 0.3) is 10.8 Å². The number of ether oxygens (including phenoxy) is 1. The largest absolute Gasteiger partial charge is 0.481 e. The maximum Gasteiger partial charge on any atom is 0.310 e. The Morgan fingerprint density at radius 3 is 2.83 bits per heavy atom. The Bertz CT molecular complexity index is 580. The van der Waals surface area contributed by atoms with Crippen LogP contribution in [-0.2, 0) is 4.79 Å². The van der Waals surface area contributed by atoms with Gasteiger partial charge in [-0.1, -0.05) is 41.9 Å². The second kappa shape index (κ2) is 5.27. The summed E-state index contributed by atoms with van der Waals surface area (Å²) >= 11 is 5.56. The maximum absolute atomic E-state index is 11.0.